The van der Waals surface area contributed by atoms with Gasteiger partial charge < -0.3 is 10.6 Å². The molecular weight excluding hydrogens is 224 g/mol. The number of anilines is 1. The molecular formula is C14H20N4. The fraction of sp³-hybridized carbons (Fsp3) is 0.571. The van der Waals surface area contributed by atoms with Gasteiger partial charge in [0.25, 0.3) is 0 Å². The number of hydrogen-bond donors (Lipinski definition) is 1. The first-order valence-corrected chi connectivity index (χ1v) is 6.63. The second-order valence-corrected chi connectivity index (χ2v) is 4.84. The average molecular weight is 244 g/mol. The summed E-state index contributed by atoms with van der Waals surface area (Å²) in [6.45, 7) is 3.03. The van der Waals surface area contributed by atoms with Crippen LogP contribution >= 0.6 is 0 Å². The van der Waals surface area contributed by atoms with Crippen LogP contribution in [0, 0.1) is 11.3 Å². The van der Waals surface area contributed by atoms with Gasteiger partial charge in [0, 0.05) is 24.8 Å². The molecule has 1 saturated carbocycles. The molecule has 0 aliphatic heterocycles. The Balaban J connectivity index is 2.20. The minimum absolute atomic E-state index is 0.351. The molecule has 4 heteroatoms. The molecule has 96 valence electrons. The standard InChI is InChI=1S/C14H20N4/c1-2-18(12-7-5-11(16)6-8-12)14-4-3-9-17-13(14)10-15/h3-4,9,11-12H,2,5-8,16H2,1H3. The van der Waals surface area contributed by atoms with Crippen LogP contribution in [0.5, 0.6) is 0 Å². The zero-order valence-corrected chi connectivity index (χ0v) is 10.8. The third-order valence-electron chi connectivity index (χ3n) is 3.72. The highest BCUT2D eigenvalue weighted by atomic mass is 15.2. The second kappa shape index (κ2) is 5.83. The van der Waals surface area contributed by atoms with Crippen LogP contribution in [0.1, 0.15) is 38.3 Å². The zero-order chi connectivity index (χ0) is 13.0. The Morgan fingerprint density at radius 2 is 2.17 bits per heavy atom. The molecule has 0 unspecified atom stereocenters. The molecule has 2 N–H and O–H groups in total. The Morgan fingerprint density at radius 1 is 1.44 bits per heavy atom. The number of nitrogens with zero attached hydrogens (tertiary/aromatic N) is 3. The van der Waals surface area contributed by atoms with E-state index >= 15 is 0 Å². The Labute approximate surface area is 108 Å². The molecule has 0 radical (unpaired) electrons. The first-order chi connectivity index (χ1) is 8.76. The summed E-state index contributed by atoms with van der Waals surface area (Å²) in [6.07, 6.45) is 6.03. The fourth-order valence-electron chi connectivity index (χ4n) is 2.75. The van der Waals surface area contributed by atoms with Crippen molar-refractivity contribution >= 4 is 5.69 Å². The molecule has 0 spiro atoms. The summed E-state index contributed by atoms with van der Waals surface area (Å²) in [7, 11) is 0. The van der Waals surface area contributed by atoms with Gasteiger partial charge in [-0.3, -0.25) is 0 Å². The minimum Gasteiger partial charge on any atom is -0.366 e. The number of nitrogens with two attached hydrogens (primary N) is 1. The Hall–Kier alpha value is -1.60. The van der Waals surface area contributed by atoms with Gasteiger partial charge in [-0.25, -0.2) is 4.98 Å². The van der Waals surface area contributed by atoms with Crippen molar-refractivity contribution in [2.45, 2.75) is 44.7 Å². The van der Waals surface area contributed by atoms with E-state index in [9.17, 15) is 0 Å². The Bertz CT molecular complexity index is 430. The predicted octanol–water partition coefficient (Wildman–Crippen LogP) is 2.05. The second-order valence-electron chi connectivity index (χ2n) is 4.84. The number of aromatic nitrogens is 1. The quantitative estimate of drug-likeness (QED) is 0.883. The normalized spacial score (nSPS) is 23.4. The third-order valence-corrected chi connectivity index (χ3v) is 3.72. The molecule has 0 amide bonds. The third kappa shape index (κ3) is 2.62. The summed E-state index contributed by atoms with van der Waals surface area (Å²) < 4.78 is 0. The van der Waals surface area contributed by atoms with Gasteiger partial charge in [-0.15, -0.1) is 0 Å². The lowest BCUT2D eigenvalue weighted by Gasteiger charge is -2.37. The van der Waals surface area contributed by atoms with E-state index in [1.807, 2.05) is 12.1 Å². The SMILES string of the molecule is CCN(c1cccnc1C#N)C1CCC(N)CC1. The van der Waals surface area contributed by atoms with Crippen molar-refractivity contribution in [1.82, 2.24) is 4.98 Å². The van der Waals surface area contributed by atoms with Gasteiger partial charge in [0.2, 0.25) is 0 Å². The van der Waals surface area contributed by atoms with Crippen LogP contribution in [0.15, 0.2) is 18.3 Å². The molecule has 0 bridgehead atoms. The van der Waals surface area contributed by atoms with Crippen LogP contribution in [-0.4, -0.2) is 23.6 Å². The monoisotopic (exact) mass is 244 g/mol. The summed E-state index contributed by atoms with van der Waals surface area (Å²) in [5, 5.41) is 9.14. The summed E-state index contributed by atoms with van der Waals surface area (Å²) in [6, 6.07) is 6.91. The molecule has 2 rings (SSSR count). The molecule has 0 saturated heterocycles. The van der Waals surface area contributed by atoms with E-state index < -0.39 is 0 Å². The smallest absolute Gasteiger partial charge is 0.163 e. The van der Waals surface area contributed by atoms with E-state index in [1.54, 1.807) is 6.20 Å². The highest BCUT2D eigenvalue weighted by Crippen LogP contribution is 2.28. The van der Waals surface area contributed by atoms with Crippen molar-refractivity contribution in [2.75, 3.05) is 11.4 Å². The van der Waals surface area contributed by atoms with E-state index in [2.05, 4.69) is 22.9 Å². The first-order valence-electron chi connectivity index (χ1n) is 6.63. The lowest BCUT2D eigenvalue weighted by atomic mass is 9.90. The van der Waals surface area contributed by atoms with Gasteiger partial charge in [0.1, 0.15) is 6.07 Å². The van der Waals surface area contributed by atoms with Crippen LogP contribution in [0.3, 0.4) is 0 Å². The molecule has 0 atom stereocenters. The van der Waals surface area contributed by atoms with Gasteiger partial charge >= 0.3 is 0 Å². The topological polar surface area (TPSA) is 65.9 Å². The van der Waals surface area contributed by atoms with Crippen LogP contribution in [-0.2, 0) is 0 Å². The summed E-state index contributed by atoms with van der Waals surface area (Å²) in [4.78, 5) is 6.45. The first kappa shape index (κ1) is 12.8. The highest BCUT2D eigenvalue weighted by Gasteiger charge is 2.25. The van der Waals surface area contributed by atoms with E-state index in [-0.39, 0.29) is 0 Å². The molecule has 0 aromatic carbocycles. The molecule has 1 aromatic heterocycles. The maximum absolute atomic E-state index is 9.14. The lowest BCUT2D eigenvalue weighted by Crippen LogP contribution is -2.41. The molecule has 1 aliphatic rings. The molecule has 1 heterocycles. The van der Waals surface area contributed by atoms with Crippen molar-refractivity contribution in [2.24, 2.45) is 5.73 Å². The Kier molecular flexibility index (Phi) is 4.16. The van der Waals surface area contributed by atoms with Gasteiger partial charge in [-0.05, 0) is 44.7 Å². The van der Waals surface area contributed by atoms with Crippen molar-refractivity contribution in [3.8, 4) is 6.07 Å². The van der Waals surface area contributed by atoms with Crippen LogP contribution < -0.4 is 10.6 Å². The van der Waals surface area contributed by atoms with Crippen LogP contribution in [0.25, 0.3) is 0 Å². The minimum atomic E-state index is 0.351. The summed E-state index contributed by atoms with van der Waals surface area (Å²) in [5.74, 6) is 0. The molecule has 1 fully saturated rings. The largest absolute Gasteiger partial charge is 0.366 e. The zero-order valence-electron chi connectivity index (χ0n) is 10.8. The Morgan fingerprint density at radius 3 is 2.78 bits per heavy atom. The molecule has 1 aromatic rings. The van der Waals surface area contributed by atoms with Crippen molar-refractivity contribution in [1.29, 1.82) is 5.26 Å². The van der Waals surface area contributed by atoms with E-state index in [1.165, 1.54) is 0 Å². The molecule has 1 aliphatic carbocycles. The van der Waals surface area contributed by atoms with E-state index in [0.29, 0.717) is 17.8 Å². The van der Waals surface area contributed by atoms with E-state index in [4.69, 9.17) is 11.0 Å². The number of rotatable bonds is 3. The van der Waals surface area contributed by atoms with Crippen LogP contribution in [0.2, 0.25) is 0 Å². The fourth-order valence-corrected chi connectivity index (χ4v) is 2.75. The molecule has 4 nitrogen and oxygen atoms in total. The van der Waals surface area contributed by atoms with Crippen LogP contribution in [0.4, 0.5) is 5.69 Å². The molecule has 18 heavy (non-hydrogen) atoms. The van der Waals surface area contributed by atoms with Crippen molar-refractivity contribution in [3.63, 3.8) is 0 Å². The van der Waals surface area contributed by atoms with Crippen molar-refractivity contribution in [3.05, 3.63) is 24.0 Å². The number of nitriles is 1. The highest BCUT2D eigenvalue weighted by molar-refractivity contribution is 5.56. The number of hydrogen-bond acceptors (Lipinski definition) is 4. The van der Waals surface area contributed by atoms with Crippen molar-refractivity contribution < 1.29 is 0 Å². The summed E-state index contributed by atoms with van der Waals surface area (Å²) in [5.41, 5.74) is 7.43. The van der Waals surface area contributed by atoms with Gasteiger partial charge in [-0.2, -0.15) is 5.26 Å². The average Bonchev–Trinajstić information content (AvgIpc) is 2.42. The lowest BCUT2D eigenvalue weighted by molar-refractivity contribution is 0.378. The van der Waals surface area contributed by atoms with Gasteiger partial charge in [0.05, 0.1) is 5.69 Å². The maximum Gasteiger partial charge on any atom is 0.163 e. The number of pyridine rings is 1. The van der Waals surface area contributed by atoms with Gasteiger partial charge in [0.15, 0.2) is 5.69 Å². The maximum atomic E-state index is 9.14. The predicted molar refractivity (Wildman–Crippen MR) is 72.2 cm³/mol. The summed E-state index contributed by atoms with van der Waals surface area (Å²) >= 11 is 0. The van der Waals surface area contributed by atoms with E-state index in [0.717, 1.165) is 37.9 Å². The van der Waals surface area contributed by atoms with Gasteiger partial charge in [-0.1, -0.05) is 0 Å².